The van der Waals surface area contributed by atoms with Crippen molar-refractivity contribution in [3.63, 3.8) is 0 Å². The van der Waals surface area contributed by atoms with Gasteiger partial charge in [-0.1, -0.05) is 22.0 Å². The monoisotopic (exact) mass is 421 g/mol. The SMILES string of the molecule is Cc1ccc(C(=O)NNC(=O)C(C)Oc2ccc([N+](=O)[O-])cc2)cc1Br. The highest BCUT2D eigenvalue weighted by molar-refractivity contribution is 9.10. The lowest BCUT2D eigenvalue weighted by Crippen LogP contribution is -2.47. The molecule has 136 valence electrons. The summed E-state index contributed by atoms with van der Waals surface area (Å²) in [4.78, 5) is 34.1. The van der Waals surface area contributed by atoms with E-state index >= 15 is 0 Å². The predicted octanol–water partition coefficient (Wildman–Crippen LogP) is 2.89. The summed E-state index contributed by atoms with van der Waals surface area (Å²) in [5, 5.41) is 10.6. The molecule has 0 heterocycles. The summed E-state index contributed by atoms with van der Waals surface area (Å²) in [6.07, 6.45) is -0.915. The molecule has 1 atom stereocenters. The van der Waals surface area contributed by atoms with Gasteiger partial charge in [0.15, 0.2) is 6.10 Å². The van der Waals surface area contributed by atoms with Gasteiger partial charge in [-0.05, 0) is 43.7 Å². The van der Waals surface area contributed by atoms with Crippen molar-refractivity contribution < 1.29 is 19.2 Å². The van der Waals surface area contributed by atoms with Gasteiger partial charge in [-0.3, -0.25) is 30.6 Å². The Kier molecular flexibility index (Phi) is 6.29. The fourth-order valence-electron chi connectivity index (χ4n) is 1.93. The van der Waals surface area contributed by atoms with Gasteiger partial charge in [-0.25, -0.2) is 0 Å². The van der Waals surface area contributed by atoms with Crippen LogP contribution in [0.1, 0.15) is 22.8 Å². The second-order valence-electron chi connectivity index (χ2n) is 5.42. The van der Waals surface area contributed by atoms with Gasteiger partial charge in [0, 0.05) is 22.2 Å². The van der Waals surface area contributed by atoms with Crippen LogP contribution in [0.3, 0.4) is 0 Å². The van der Waals surface area contributed by atoms with Crippen molar-refractivity contribution in [1.29, 1.82) is 0 Å². The summed E-state index contributed by atoms with van der Waals surface area (Å²) < 4.78 is 6.17. The zero-order valence-corrected chi connectivity index (χ0v) is 15.6. The number of halogens is 1. The van der Waals surface area contributed by atoms with Gasteiger partial charge in [0.1, 0.15) is 5.75 Å². The lowest BCUT2D eigenvalue weighted by molar-refractivity contribution is -0.384. The standard InChI is InChI=1S/C17H16BrN3O5/c1-10-3-4-12(9-15(10)18)17(23)20-19-16(22)11(2)26-14-7-5-13(6-8-14)21(24)25/h3-9,11H,1-2H3,(H,19,22)(H,20,23). The molecule has 2 N–H and O–H groups in total. The molecule has 0 bridgehead atoms. The largest absolute Gasteiger partial charge is 0.481 e. The topological polar surface area (TPSA) is 111 Å². The molecule has 0 aliphatic rings. The van der Waals surface area contributed by atoms with Crippen molar-refractivity contribution in [3.05, 3.63) is 68.2 Å². The third-order valence-electron chi connectivity index (χ3n) is 3.46. The average Bonchev–Trinajstić information content (AvgIpc) is 2.62. The van der Waals surface area contributed by atoms with Gasteiger partial charge >= 0.3 is 0 Å². The van der Waals surface area contributed by atoms with Gasteiger partial charge in [-0.2, -0.15) is 0 Å². The second kappa shape index (κ2) is 8.43. The van der Waals surface area contributed by atoms with Gasteiger partial charge in [-0.15, -0.1) is 0 Å². The molecule has 8 nitrogen and oxygen atoms in total. The molecule has 2 amide bonds. The van der Waals surface area contributed by atoms with Gasteiger partial charge in [0.2, 0.25) is 0 Å². The quantitative estimate of drug-likeness (QED) is 0.569. The van der Waals surface area contributed by atoms with E-state index in [-0.39, 0.29) is 5.69 Å². The summed E-state index contributed by atoms with van der Waals surface area (Å²) in [7, 11) is 0. The number of nitro groups is 1. The van der Waals surface area contributed by atoms with Gasteiger partial charge < -0.3 is 4.74 Å². The average molecular weight is 422 g/mol. The van der Waals surface area contributed by atoms with Crippen LogP contribution in [0.4, 0.5) is 5.69 Å². The molecule has 0 aliphatic heterocycles. The minimum absolute atomic E-state index is 0.0778. The summed E-state index contributed by atoms with van der Waals surface area (Å²) in [6.45, 7) is 3.39. The Morgan fingerprint density at radius 1 is 1.15 bits per heavy atom. The molecule has 0 aliphatic carbocycles. The first-order chi connectivity index (χ1) is 12.3. The van der Waals surface area contributed by atoms with E-state index < -0.39 is 22.8 Å². The zero-order chi connectivity index (χ0) is 19.3. The molecule has 0 spiro atoms. The minimum atomic E-state index is -0.915. The van der Waals surface area contributed by atoms with E-state index in [4.69, 9.17) is 4.74 Å². The first-order valence-corrected chi connectivity index (χ1v) is 8.34. The third kappa shape index (κ3) is 5.03. The van der Waals surface area contributed by atoms with E-state index in [2.05, 4.69) is 26.8 Å². The van der Waals surface area contributed by atoms with Crippen LogP contribution < -0.4 is 15.6 Å². The molecule has 2 aromatic rings. The molecule has 2 aromatic carbocycles. The maximum Gasteiger partial charge on any atom is 0.279 e. The zero-order valence-electron chi connectivity index (χ0n) is 14.0. The third-order valence-corrected chi connectivity index (χ3v) is 4.32. The predicted molar refractivity (Wildman–Crippen MR) is 97.7 cm³/mol. The first-order valence-electron chi connectivity index (χ1n) is 7.55. The van der Waals surface area contributed by atoms with Crippen molar-refractivity contribution in [1.82, 2.24) is 10.9 Å². The van der Waals surface area contributed by atoms with E-state index in [1.807, 2.05) is 6.92 Å². The highest BCUT2D eigenvalue weighted by Crippen LogP contribution is 2.19. The number of amides is 2. The summed E-state index contributed by atoms with van der Waals surface area (Å²) in [5.41, 5.74) is 5.87. The highest BCUT2D eigenvalue weighted by Gasteiger charge is 2.16. The number of carbonyl (C=O) groups excluding carboxylic acids is 2. The second-order valence-corrected chi connectivity index (χ2v) is 6.27. The van der Waals surface area contributed by atoms with Crippen molar-refractivity contribution in [2.75, 3.05) is 0 Å². The molecule has 0 aromatic heterocycles. The number of nitro benzene ring substituents is 1. The molecular formula is C17H16BrN3O5. The summed E-state index contributed by atoms with van der Waals surface area (Å²) in [6, 6.07) is 10.4. The number of hydrazine groups is 1. The van der Waals surface area contributed by atoms with E-state index in [1.54, 1.807) is 18.2 Å². The van der Waals surface area contributed by atoms with Gasteiger partial charge in [0.05, 0.1) is 4.92 Å². The first kappa shape index (κ1) is 19.4. The van der Waals surface area contributed by atoms with Crippen molar-refractivity contribution in [2.24, 2.45) is 0 Å². The van der Waals surface area contributed by atoms with Crippen LogP contribution >= 0.6 is 15.9 Å². The number of hydrogen-bond acceptors (Lipinski definition) is 5. The van der Waals surface area contributed by atoms with Crippen LogP contribution in [0, 0.1) is 17.0 Å². The summed E-state index contributed by atoms with van der Waals surface area (Å²) >= 11 is 3.34. The van der Waals surface area contributed by atoms with Gasteiger partial charge in [0.25, 0.3) is 17.5 Å². The number of nitrogens with zero attached hydrogens (tertiary/aromatic N) is 1. The molecule has 0 saturated carbocycles. The maximum absolute atomic E-state index is 12.0. The van der Waals surface area contributed by atoms with Crippen molar-refractivity contribution in [2.45, 2.75) is 20.0 Å². The normalized spacial score (nSPS) is 11.3. The Balaban J connectivity index is 1.89. The molecule has 0 saturated heterocycles. The van der Waals surface area contributed by atoms with E-state index in [9.17, 15) is 19.7 Å². The molecular weight excluding hydrogens is 406 g/mol. The van der Waals surface area contributed by atoms with Crippen molar-refractivity contribution in [3.8, 4) is 5.75 Å². The number of hydrogen-bond donors (Lipinski definition) is 2. The van der Waals surface area contributed by atoms with Crippen LogP contribution in [0.15, 0.2) is 46.9 Å². The number of carbonyl (C=O) groups is 2. The minimum Gasteiger partial charge on any atom is -0.481 e. The number of non-ortho nitro benzene ring substituents is 1. The Morgan fingerprint density at radius 2 is 1.81 bits per heavy atom. The number of benzene rings is 2. The highest BCUT2D eigenvalue weighted by atomic mass is 79.9. The van der Waals surface area contributed by atoms with Crippen LogP contribution in [0.25, 0.3) is 0 Å². The molecule has 0 radical (unpaired) electrons. The van der Waals surface area contributed by atoms with E-state index in [1.165, 1.54) is 31.2 Å². The van der Waals surface area contributed by atoms with Crippen LogP contribution in [-0.2, 0) is 4.79 Å². The molecule has 0 fully saturated rings. The Morgan fingerprint density at radius 3 is 2.38 bits per heavy atom. The molecule has 9 heteroatoms. The van der Waals surface area contributed by atoms with Crippen LogP contribution in [0.2, 0.25) is 0 Å². The van der Waals surface area contributed by atoms with Crippen LogP contribution in [-0.4, -0.2) is 22.8 Å². The fraction of sp³-hybridized carbons (Fsp3) is 0.176. The van der Waals surface area contributed by atoms with E-state index in [0.29, 0.717) is 11.3 Å². The number of ether oxygens (including phenoxy) is 1. The number of aryl methyl sites for hydroxylation is 1. The molecule has 26 heavy (non-hydrogen) atoms. The lowest BCUT2D eigenvalue weighted by Gasteiger charge is -2.15. The lowest BCUT2D eigenvalue weighted by atomic mass is 10.1. The van der Waals surface area contributed by atoms with E-state index in [0.717, 1.165) is 10.0 Å². The maximum atomic E-state index is 12.0. The summed E-state index contributed by atoms with van der Waals surface area (Å²) in [5.74, 6) is -0.739. The number of nitrogens with one attached hydrogen (secondary N) is 2. The smallest absolute Gasteiger partial charge is 0.279 e. The Bertz CT molecular complexity index is 839. The molecule has 2 rings (SSSR count). The number of rotatable bonds is 5. The fourth-order valence-corrected chi connectivity index (χ4v) is 2.31. The Labute approximate surface area is 157 Å². The Hall–Kier alpha value is -2.94. The van der Waals surface area contributed by atoms with Crippen LogP contribution in [0.5, 0.6) is 5.75 Å². The van der Waals surface area contributed by atoms with Crippen molar-refractivity contribution >= 4 is 33.4 Å². The molecule has 1 unspecified atom stereocenters.